The average molecular weight is 324 g/mol. The predicted molar refractivity (Wildman–Crippen MR) is 77.0 cm³/mol. The van der Waals surface area contributed by atoms with Crippen LogP contribution in [0.4, 0.5) is 0 Å². The molecule has 0 spiro atoms. The fourth-order valence-electron chi connectivity index (χ4n) is 1.57. The van der Waals surface area contributed by atoms with Crippen LogP contribution in [0.2, 0.25) is 10.0 Å². The summed E-state index contributed by atoms with van der Waals surface area (Å²) < 4.78 is 23.5. The smallest absolute Gasteiger partial charge is 0.233 e. The summed E-state index contributed by atoms with van der Waals surface area (Å²) in [7, 11) is -3.45. The highest BCUT2D eigenvalue weighted by atomic mass is 35.5. The molecule has 0 saturated heterocycles. The minimum atomic E-state index is -3.45. The van der Waals surface area contributed by atoms with E-state index in [4.69, 9.17) is 23.2 Å². The number of hydrogen-bond donors (Lipinski definition) is 1. The molecule has 0 saturated carbocycles. The van der Waals surface area contributed by atoms with E-state index in [9.17, 15) is 13.2 Å². The second-order valence-corrected chi connectivity index (χ2v) is 6.82. The van der Waals surface area contributed by atoms with Crippen molar-refractivity contribution in [3.8, 4) is 0 Å². The van der Waals surface area contributed by atoms with Gasteiger partial charge in [0.25, 0.3) is 0 Å². The van der Waals surface area contributed by atoms with Gasteiger partial charge in [-0.25, -0.2) is 8.42 Å². The van der Waals surface area contributed by atoms with Gasteiger partial charge in [0.1, 0.15) is 0 Å². The van der Waals surface area contributed by atoms with Crippen molar-refractivity contribution >= 4 is 39.1 Å². The molecule has 1 aromatic rings. The van der Waals surface area contributed by atoms with Crippen molar-refractivity contribution < 1.29 is 13.2 Å². The molecule has 0 aliphatic heterocycles. The zero-order valence-corrected chi connectivity index (χ0v) is 12.8. The van der Waals surface area contributed by atoms with E-state index in [0.29, 0.717) is 16.5 Å². The maximum absolute atomic E-state index is 11.2. The molecule has 0 fully saturated rings. The van der Waals surface area contributed by atoms with Crippen LogP contribution in [0, 0.1) is 0 Å². The first-order valence-electron chi connectivity index (χ1n) is 5.72. The van der Waals surface area contributed by atoms with E-state index < -0.39 is 15.9 Å². The Labute approximate surface area is 123 Å². The molecular weight excluding hydrogens is 309 g/mol. The van der Waals surface area contributed by atoms with E-state index in [1.54, 1.807) is 12.1 Å². The molecule has 0 aliphatic carbocycles. The maximum atomic E-state index is 11.2. The fraction of sp³-hybridized carbons (Fsp3) is 0.417. The summed E-state index contributed by atoms with van der Waals surface area (Å²) >= 11 is 11.7. The first kappa shape index (κ1) is 16.3. The van der Waals surface area contributed by atoms with Gasteiger partial charge in [0.2, 0.25) is 15.9 Å². The SMILES string of the molecule is CS(=O)(=O)NC(=O)CCCCc1ccc(Cl)c(Cl)c1. The molecule has 7 heteroatoms. The van der Waals surface area contributed by atoms with E-state index in [2.05, 4.69) is 0 Å². The average Bonchev–Trinajstić information content (AvgIpc) is 2.27. The van der Waals surface area contributed by atoms with Gasteiger partial charge in [-0.2, -0.15) is 0 Å². The number of carbonyl (C=O) groups is 1. The van der Waals surface area contributed by atoms with Crippen LogP contribution >= 0.6 is 23.2 Å². The Morgan fingerprint density at radius 2 is 1.89 bits per heavy atom. The molecule has 0 aliphatic rings. The Hall–Kier alpha value is -0.780. The summed E-state index contributed by atoms with van der Waals surface area (Å²) in [5.74, 6) is -0.475. The first-order valence-corrected chi connectivity index (χ1v) is 8.37. The number of halogens is 2. The Morgan fingerprint density at radius 1 is 1.21 bits per heavy atom. The minimum Gasteiger partial charge on any atom is -0.274 e. The molecule has 0 heterocycles. The van der Waals surface area contributed by atoms with Crippen LogP contribution in [0.3, 0.4) is 0 Å². The number of carbonyl (C=O) groups excluding carboxylic acids is 1. The summed E-state index contributed by atoms with van der Waals surface area (Å²) in [5.41, 5.74) is 1.04. The Morgan fingerprint density at radius 3 is 2.47 bits per heavy atom. The van der Waals surface area contributed by atoms with Crippen molar-refractivity contribution in [3.05, 3.63) is 33.8 Å². The standard InChI is InChI=1S/C12H15Cl2NO3S/c1-19(17,18)15-12(16)5-3-2-4-9-6-7-10(13)11(14)8-9/h6-8H,2-5H2,1H3,(H,15,16). The zero-order valence-electron chi connectivity index (χ0n) is 10.4. The number of aryl methyl sites for hydroxylation is 1. The molecule has 106 valence electrons. The van der Waals surface area contributed by atoms with Crippen LogP contribution in [0.15, 0.2) is 18.2 Å². The van der Waals surface area contributed by atoms with Gasteiger partial charge in [-0.3, -0.25) is 9.52 Å². The summed E-state index contributed by atoms with van der Waals surface area (Å²) in [6.45, 7) is 0. The highest BCUT2D eigenvalue weighted by Crippen LogP contribution is 2.23. The van der Waals surface area contributed by atoms with Gasteiger partial charge < -0.3 is 0 Å². The number of rotatable bonds is 6. The summed E-state index contributed by atoms with van der Waals surface area (Å²) in [6.07, 6.45) is 3.30. The highest BCUT2D eigenvalue weighted by Gasteiger charge is 2.07. The van der Waals surface area contributed by atoms with Gasteiger partial charge in [-0.05, 0) is 37.0 Å². The second-order valence-electron chi connectivity index (χ2n) is 4.25. The summed E-state index contributed by atoms with van der Waals surface area (Å²) in [4.78, 5) is 11.2. The molecule has 1 aromatic carbocycles. The van der Waals surface area contributed by atoms with Gasteiger partial charge in [-0.1, -0.05) is 29.3 Å². The molecule has 4 nitrogen and oxygen atoms in total. The molecule has 0 bridgehead atoms. The normalized spacial score (nSPS) is 11.3. The number of amides is 1. The van der Waals surface area contributed by atoms with Gasteiger partial charge >= 0.3 is 0 Å². The lowest BCUT2D eigenvalue weighted by Crippen LogP contribution is -2.28. The fourth-order valence-corrected chi connectivity index (χ4v) is 2.40. The number of benzene rings is 1. The molecule has 0 radical (unpaired) electrons. The Kier molecular flexibility index (Phi) is 6.10. The van der Waals surface area contributed by atoms with E-state index in [1.165, 1.54) is 0 Å². The van der Waals surface area contributed by atoms with Crippen LogP contribution in [0.25, 0.3) is 0 Å². The molecule has 1 N–H and O–H groups in total. The third kappa shape index (κ3) is 6.80. The molecule has 1 rings (SSSR count). The lowest BCUT2D eigenvalue weighted by Gasteiger charge is -2.04. The van der Waals surface area contributed by atoms with Crippen molar-refractivity contribution in [2.75, 3.05) is 6.26 Å². The Balaban J connectivity index is 2.31. The van der Waals surface area contributed by atoms with Gasteiger partial charge in [0.15, 0.2) is 0 Å². The van der Waals surface area contributed by atoms with E-state index in [0.717, 1.165) is 24.7 Å². The van der Waals surface area contributed by atoms with Crippen molar-refractivity contribution in [2.45, 2.75) is 25.7 Å². The molecule has 1 amide bonds. The highest BCUT2D eigenvalue weighted by molar-refractivity contribution is 7.89. The van der Waals surface area contributed by atoms with Crippen molar-refractivity contribution in [2.24, 2.45) is 0 Å². The van der Waals surface area contributed by atoms with Gasteiger partial charge in [0.05, 0.1) is 16.3 Å². The number of sulfonamides is 1. The number of unbranched alkanes of at least 4 members (excludes halogenated alkanes) is 1. The molecule has 0 atom stereocenters. The molecule has 19 heavy (non-hydrogen) atoms. The van der Waals surface area contributed by atoms with Crippen molar-refractivity contribution in [1.29, 1.82) is 0 Å². The third-order valence-electron chi connectivity index (χ3n) is 2.40. The largest absolute Gasteiger partial charge is 0.274 e. The van der Waals surface area contributed by atoms with Crippen LogP contribution in [-0.4, -0.2) is 20.6 Å². The summed E-state index contributed by atoms with van der Waals surface area (Å²) in [5, 5.41) is 1.02. The molecule has 0 unspecified atom stereocenters. The Bertz CT molecular complexity index is 558. The van der Waals surface area contributed by atoms with Crippen LogP contribution < -0.4 is 4.72 Å². The minimum absolute atomic E-state index is 0.189. The number of hydrogen-bond acceptors (Lipinski definition) is 3. The van der Waals surface area contributed by atoms with Crippen molar-refractivity contribution in [3.63, 3.8) is 0 Å². The molecular formula is C12H15Cl2NO3S. The summed E-state index contributed by atoms with van der Waals surface area (Å²) in [6, 6.07) is 5.40. The third-order valence-corrected chi connectivity index (χ3v) is 3.74. The second kappa shape index (κ2) is 7.12. The zero-order chi connectivity index (χ0) is 14.5. The van der Waals surface area contributed by atoms with Gasteiger partial charge in [0, 0.05) is 6.42 Å². The van der Waals surface area contributed by atoms with Crippen LogP contribution in [0.1, 0.15) is 24.8 Å². The van der Waals surface area contributed by atoms with Gasteiger partial charge in [-0.15, -0.1) is 0 Å². The van der Waals surface area contributed by atoms with Crippen LogP contribution in [-0.2, 0) is 21.2 Å². The predicted octanol–water partition coefficient (Wildman–Crippen LogP) is 2.78. The van der Waals surface area contributed by atoms with E-state index in [-0.39, 0.29) is 6.42 Å². The number of nitrogens with one attached hydrogen (secondary N) is 1. The molecule has 0 aromatic heterocycles. The van der Waals surface area contributed by atoms with Crippen LogP contribution in [0.5, 0.6) is 0 Å². The van der Waals surface area contributed by atoms with E-state index >= 15 is 0 Å². The monoisotopic (exact) mass is 323 g/mol. The lowest BCUT2D eigenvalue weighted by molar-refractivity contribution is -0.119. The quantitative estimate of drug-likeness (QED) is 0.819. The van der Waals surface area contributed by atoms with Crippen molar-refractivity contribution in [1.82, 2.24) is 4.72 Å². The first-order chi connectivity index (χ1) is 8.78. The maximum Gasteiger partial charge on any atom is 0.233 e. The lowest BCUT2D eigenvalue weighted by atomic mass is 10.1. The van der Waals surface area contributed by atoms with E-state index in [1.807, 2.05) is 10.8 Å². The topological polar surface area (TPSA) is 63.2 Å².